The molecule has 2 aromatic rings. The maximum absolute atomic E-state index is 13.1. The number of nitrogens with zero attached hydrogens (tertiary/aromatic N) is 1. The zero-order chi connectivity index (χ0) is 33.7. The Morgan fingerprint density at radius 3 is 1.96 bits per heavy atom. The molecule has 7 N–H and O–H groups in total. The number of rotatable bonds is 15. The molecule has 1 unspecified atom stereocenters. The van der Waals surface area contributed by atoms with Gasteiger partial charge in [0.1, 0.15) is 35.5 Å². The van der Waals surface area contributed by atoms with Crippen LogP contribution < -0.4 is 31.9 Å². The molecule has 0 saturated heterocycles. The summed E-state index contributed by atoms with van der Waals surface area (Å²) >= 11 is 1.22. The summed E-state index contributed by atoms with van der Waals surface area (Å²) in [7, 11) is 0. The molecule has 15 nitrogen and oxygen atoms in total. The number of thiazole rings is 1. The molecular weight excluding hydrogens is 606 g/mol. The molecule has 0 spiro atoms. The monoisotopic (exact) mass is 647 g/mol. The highest BCUT2D eigenvalue weighted by atomic mass is 32.1. The maximum Gasteiger partial charge on any atom is 0.408 e. The normalized spacial score (nSPS) is 13.6. The number of benzene rings is 1. The van der Waals surface area contributed by atoms with Gasteiger partial charge in [0, 0.05) is 13.1 Å². The van der Waals surface area contributed by atoms with Gasteiger partial charge in [-0.25, -0.2) is 9.78 Å². The van der Waals surface area contributed by atoms with Gasteiger partial charge in [0.25, 0.3) is 0 Å². The number of aldehydes is 1. The Balaban J connectivity index is 1.84. The van der Waals surface area contributed by atoms with Crippen LogP contribution in [-0.2, 0) is 23.9 Å². The molecule has 1 aromatic carbocycles. The lowest BCUT2D eigenvalue weighted by Crippen LogP contribution is -2.55. The molecule has 0 aliphatic carbocycles. The van der Waals surface area contributed by atoms with Gasteiger partial charge in [0.15, 0.2) is 11.4 Å². The van der Waals surface area contributed by atoms with E-state index in [2.05, 4.69) is 36.9 Å². The topological polar surface area (TPSA) is 217 Å². The lowest BCUT2D eigenvalue weighted by atomic mass is 10.1. The van der Waals surface area contributed by atoms with Crippen LogP contribution in [0, 0.1) is 0 Å². The lowest BCUT2D eigenvalue weighted by Gasteiger charge is -2.25. The number of phenolic OH excluding ortho intramolecular Hbond substituents is 1. The minimum absolute atomic E-state index is 0.0438. The predicted molar refractivity (Wildman–Crippen MR) is 167 cm³/mol. The first-order valence-corrected chi connectivity index (χ1v) is 15.0. The zero-order valence-corrected chi connectivity index (χ0v) is 26.9. The Kier molecular flexibility index (Phi) is 13.7. The molecule has 2 rings (SSSR count). The summed E-state index contributed by atoms with van der Waals surface area (Å²) < 4.78 is 5.25. The Bertz CT molecular complexity index is 1340. The third-order valence-electron chi connectivity index (χ3n) is 5.97. The maximum atomic E-state index is 13.1. The Hall–Kier alpha value is -4.73. The summed E-state index contributed by atoms with van der Waals surface area (Å²) in [6.45, 7) is 10.2. The third-order valence-corrected chi connectivity index (χ3v) is 6.85. The largest absolute Gasteiger partial charge is 0.508 e. The molecule has 246 valence electrons. The van der Waals surface area contributed by atoms with Crippen molar-refractivity contribution in [2.24, 2.45) is 0 Å². The minimum atomic E-state index is -1.26. The fourth-order valence-corrected chi connectivity index (χ4v) is 4.29. The van der Waals surface area contributed by atoms with Gasteiger partial charge in [-0.1, -0.05) is 23.5 Å². The van der Waals surface area contributed by atoms with Crippen molar-refractivity contribution in [3.63, 3.8) is 0 Å². The van der Waals surface area contributed by atoms with E-state index in [0.29, 0.717) is 41.4 Å². The highest BCUT2D eigenvalue weighted by molar-refractivity contribution is 7.17. The summed E-state index contributed by atoms with van der Waals surface area (Å²) in [5.41, 5.74) is -0.501. The van der Waals surface area contributed by atoms with Crippen molar-refractivity contribution in [3.8, 4) is 5.75 Å². The van der Waals surface area contributed by atoms with Crippen molar-refractivity contribution < 1.29 is 38.6 Å². The van der Waals surface area contributed by atoms with E-state index < -0.39 is 59.5 Å². The number of carbonyl (C=O) groups excluding carboxylic acids is 6. The summed E-state index contributed by atoms with van der Waals surface area (Å²) in [4.78, 5) is 78.6. The van der Waals surface area contributed by atoms with Crippen LogP contribution in [0.25, 0.3) is 0 Å². The van der Waals surface area contributed by atoms with Crippen molar-refractivity contribution in [1.82, 2.24) is 31.6 Å². The van der Waals surface area contributed by atoms with Gasteiger partial charge in [-0.15, -0.1) is 0 Å². The number of ether oxygens (including phenoxy) is 1. The number of carbonyl (C=O) groups is 6. The summed E-state index contributed by atoms with van der Waals surface area (Å²) in [5, 5.41) is 26.0. The number of phenols is 1. The Morgan fingerprint density at radius 2 is 1.42 bits per heavy atom. The van der Waals surface area contributed by atoms with Gasteiger partial charge in [-0.3, -0.25) is 24.0 Å². The van der Waals surface area contributed by atoms with Gasteiger partial charge in [-0.05, 0) is 65.7 Å². The molecule has 0 radical (unpaired) electrons. The SMILES string of the molecule is C[C@H](NC(=O)C(NC(=O)OC(C)(C)C)c1ccc(O)cc1)C(=O)N[C@@H](C)C(=O)N[C@@H](C)C(=O)NCCCNc1ncc(C=O)s1. The van der Waals surface area contributed by atoms with Crippen LogP contribution in [0.4, 0.5) is 9.93 Å². The first kappa shape index (κ1) is 36.5. The standard InChI is InChI=1S/C29H41N7O8S/c1-16(23(39)30-12-7-13-31-27-32-14-21(15-37)45-27)33-24(40)17(2)34-25(41)18(3)35-26(42)22(19-8-10-20(38)11-9-19)36-28(43)44-29(4,5)6/h8-11,14-18,22,38H,7,12-13H2,1-6H3,(H,30,39)(H,31,32)(H,33,40)(H,34,41)(H,35,42)(H,36,43)/t16-,17-,18-,22?/m0/s1. The molecule has 1 aromatic heterocycles. The number of aromatic hydroxyl groups is 1. The second-order valence-corrected chi connectivity index (χ2v) is 12.2. The molecule has 0 bridgehead atoms. The second-order valence-electron chi connectivity index (χ2n) is 11.1. The van der Waals surface area contributed by atoms with E-state index in [-0.39, 0.29) is 5.75 Å². The third kappa shape index (κ3) is 12.8. The molecule has 0 aliphatic rings. The fraction of sp³-hybridized carbons (Fsp3) is 0.483. The van der Waals surface area contributed by atoms with Crippen LogP contribution in [0.2, 0.25) is 0 Å². The van der Waals surface area contributed by atoms with Gasteiger partial charge >= 0.3 is 6.09 Å². The van der Waals surface area contributed by atoms with Gasteiger partial charge in [-0.2, -0.15) is 0 Å². The molecule has 4 atom stereocenters. The number of anilines is 1. The van der Waals surface area contributed by atoms with Crippen molar-refractivity contribution in [3.05, 3.63) is 40.9 Å². The minimum Gasteiger partial charge on any atom is -0.508 e. The van der Waals surface area contributed by atoms with E-state index in [4.69, 9.17) is 4.74 Å². The molecule has 1 heterocycles. The first-order valence-electron chi connectivity index (χ1n) is 14.2. The van der Waals surface area contributed by atoms with E-state index in [1.807, 2.05) is 0 Å². The lowest BCUT2D eigenvalue weighted by molar-refractivity contribution is -0.133. The quantitative estimate of drug-likeness (QED) is 0.109. The average Bonchev–Trinajstić information content (AvgIpc) is 3.43. The molecule has 5 amide bonds. The zero-order valence-electron chi connectivity index (χ0n) is 26.1. The molecule has 0 saturated carbocycles. The highest BCUT2D eigenvalue weighted by Gasteiger charge is 2.29. The van der Waals surface area contributed by atoms with Gasteiger partial charge in [0.2, 0.25) is 23.6 Å². The van der Waals surface area contributed by atoms with Gasteiger partial charge in [0.05, 0.1) is 11.1 Å². The molecule has 16 heteroatoms. The number of nitrogens with one attached hydrogen (secondary N) is 6. The van der Waals surface area contributed by atoms with Crippen molar-refractivity contribution in [1.29, 1.82) is 0 Å². The number of hydrogen-bond acceptors (Lipinski definition) is 11. The molecule has 0 aliphatic heterocycles. The molecule has 0 fully saturated rings. The van der Waals surface area contributed by atoms with Crippen molar-refractivity contribution >= 4 is 52.5 Å². The molecule has 45 heavy (non-hydrogen) atoms. The van der Waals surface area contributed by atoms with Crippen molar-refractivity contribution in [2.45, 2.75) is 77.7 Å². The molecular formula is C29H41N7O8S. The fourth-order valence-electron chi connectivity index (χ4n) is 3.63. The Morgan fingerprint density at radius 1 is 0.867 bits per heavy atom. The van der Waals surface area contributed by atoms with E-state index in [0.717, 1.165) is 0 Å². The summed E-state index contributed by atoms with van der Waals surface area (Å²) in [6, 6.07) is 1.27. The summed E-state index contributed by atoms with van der Waals surface area (Å²) in [5.74, 6) is -2.49. The number of amides is 5. The second kappa shape index (κ2) is 16.9. The van der Waals surface area contributed by atoms with E-state index in [1.54, 1.807) is 20.8 Å². The van der Waals surface area contributed by atoms with Crippen molar-refractivity contribution in [2.75, 3.05) is 18.4 Å². The van der Waals surface area contributed by atoms with E-state index in [9.17, 15) is 33.9 Å². The van der Waals surface area contributed by atoms with E-state index in [1.165, 1.54) is 62.6 Å². The van der Waals surface area contributed by atoms with Crippen LogP contribution in [-0.4, -0.2) is 82.9 Å². The predicted octanol–water partition coefficient (Wildman–Crippen LogP) is 1.36. The summed E-state index contributed by atoms with van der Waals surface area (Å²) in [6.07, 6.45) is 1.89. The van der Waals surface area contributed by atoms with Crippen LogP contribution in [0.3, 0.4) is 0 Å². The van der Waals surface area contributed by atoms with Crippen LogP contribution in [0.15, 0.2) is 30.5 Å². The van der Waals surface area contributed by atoms with Crippen LogP contribution in [0.5, 0.6) is 5.75 Å². The smallest absolute Gasteiger partial charge is 0.408 e. The number of alkyl carbamates (subject to hydrolysis) is 1. The average molecular weight is 648 g/mol. The van der Waals surface area contributed by atoms with Crippen LogP contribution >= 0.6 is 11.3 Å². The number of hydrogen-bond donors (Lipinski definition) is 7. The Labute approximate surface area is 265 Å². The number of aromatic nitrogens is 1. The van der Waals surface area contributed by atoms with Gasteiger partial charge < -0.3 is 41.7 Å². The van der Waals surface area contributed by atoms with Crippen LogP contribution in [0.1, 0.15) is 69.2 Å². The highest BCUT2D eigenvalue weighted by Crippen LogP contribution is 2.19. The van der Waals surface area contributed by atoms with E-state index >= 15 is 0 Å². The first-order chi connectivity index (χ1) is 21.1.